The highest BCUT2D eigenvalue weighted by Crippen LogP contribution is 2.24. The molecule has 1 fully saturated rings. The number of nitrogens with zero attached hydrogens (tertiary/aromatic N) is 2. The van der Waals surface area contributed by atoms with E-state index in [2.05, 4.69) is 20.9 Å². The zero-order valence-electron chi connectivity index (χ0n) is 9.07. The zero-order chi connectivity index (χ0) is 12.5. The Morgan fingerprint density at radius 3 is 2.65 bits per heavy atom. The second-order valence-electron chi connectivity index (χ2n) is 3.91. The highest BCUT2D eigenvalue weighted by Gasteiger charge is 2.23. The highest BCUT2D eigenvalue weighted by atomic mass is 79.9. The molecule has 17 heavy (non-hydrogen) atoms. The molecule has 1 aliphatic heterocycles. The van der Waals surface area contributed by atoms with Crippen LogP contribution in [0.15, 0.2) is 16.7 Å². The van der Waals surface area contributed by atoms with Crippen LogP contribution in [0.5, 0.6) is 0 Å². The Morgan fingerprint density at radius 1 is 1.41 bits per heavy atom. The summed E-state index contributed by atoms with van der Waals surface area (Å²) in [4.78, 5) is 6.30. The van der Waals surface area contributed by atoms with Crippen molar-refractivity contribution < 1.29 is 8.42 Å². The van der Waals surface area contributed by atoms with Gasteiger partial charge >= 0.3 is 0 Å². The van der Waals surface area contributed by atoms with Crippen molar-refractivity contribution in [3.63, 3.8) is 0 Å². The molecule has 0 N–H and O–H groups in total. The van der Waals surface area contributed by atoms with Gasteiger partial charge in [-0.3, -0.25) is 0 Å². The van der Waals surface area contributed by atoms with Gasteiger partial charge in [-0.2, -0.15) is 0 Å². The molecule has 0 amide bonds. The maximum atomic E-state index is 11.4. The molecule has 1 aromatic heterocycles. The first-order chi connectivity index (χ1) is 8.02. The smallest absolute Gasteiger partial charge is 0.153 e. The Hall–Kier alpha value is -0.330. The van der Waals surface area contributed by atoms with Crippen molar-refractivity contribution in [2.75, 3.05) is 29.5 Å². The number of hydrogen-bond acceptors (Lipinski definition) is 4. The van der Waals surface area contributed by atoms with Gasteiger partial charge < -0.3 is 4.90 Å². The molecule has 4 nitrogen and oxygen atoms in total. The van der Waals surface area contributed by atoms with Gasteiger partial charge in [-0.15, -0.1) is 11.6 Å². The third kappa shape index (κ3) is 3.11. The van der Waals surface area contributed by atoms with Crippen LogP contribution in [-0.2, 0) is 15.7 Å². The number of pyridine rings is 1. The van der Waals surface area contributed by atoms with Crippen molar-refractivity contribution in [1.82, 2.24) is 4.98 Å². The lowest BCUT2D eigenvalue weighted by Gasteiger charge is -2.29. The minimum atomic E-state index is -2.86. The van der Waals surface area contributed by atoms with Crippen molar-refractivity contribution in [1.29, 1.82) is 0 Å². The summed E-state index contributed by atoms with van der Waals surface area (Å²) in [5.74, 6) is 1.53. The normalized spacial score (nSPS) is 19.3. The SMILES string of the molecule is O=S1(=O)CCN(c2ncc(Br)cc2CCl)CC1. The van der Waals surface area contributed by atoms with Gasteiger partial charge in [-0.1, -0.05) is 0 Å². The first-order valence-electron chi connectivity index (χ1n) is 5.17. The molecular formula is C10H12BrClN2O2S. The Labute approximate surface area is 114 Å². The van der Waals surface area contributed by atoms with Gasteiger partial charge in [0.05, 0.1) is 17.4 Å². The molecule has 0 aromatic carbocycles. The van der Waals surface area contributed by atoms with Gasteiger partial charge in [-0.25, -0.2) is 13.4 Å². The summed E-state index contributed by atoms with van der Waals surface area (Å²) in [6.45, 7) is 0.974. The molecular weight excluding hydrogens is 328 g/mol. The summed E-state index contributed by atoms with van der Waals surface area (Å²) < 4.78 is 23.6. The Balaban J connectivity index is 2.24. The second kappa shape index (κ2) is 5.12. The quantitative estimate of drug-likeness (QED) is 0.771. The third-order valence-electron chi connectivity index (χ3n) is 2.70. The van der Waals surface area contributed by atoms with Gasteiger partial charge in [0.1, 0.15) is 5.82 Å². The van der Waals surface area contributed by atoms with Crippen LogP contribution in [0.2, 0.25) is 0 Å². The monoisotopic (exact) mass is 338 g/mol. The molecule has 1 aromatic rings. The van der Waals surface area contributed by atoms with Gasteiger partial charge in [0.15, 0.2) is 9.84 Å². The lowest BCUT2D eigenvalue weighted by atomic mass is 10.2. The van der Waals surface area contributed by atoms with E-state index in [4.69, 9.17) is 11.6 Å². The second-order valence-corrected chi connectivity index (χ2v) is 7.40. The molecule has 0 aliphatic carbocycles. The van der Waals surface area contributed by atoms with E-state index < -0.39 is 9.84 Å². The fourth-order valence-corrected chi connectivity index (χ4v) is 3.56. The van der Waals surface area contributed by atoms with Crippen molar-refractivity contribution in [2.45, 2.75) is 5.88 Å². The predicted octanol–water partition coefficient (Wildman–Crippen LogP) is 1.82. The van der Waals surface area contributed by atoms with Gasteiger partial charge in [0, 0.05) is 29.3 Å². The van der Waals surface area contributed by atoms with Gasteiger partial charge in [-0.05, 0) is 22.0 Å². The summed E-state index contributed by atoms with van der Waals surface area (Å²) in [7, 11) is -2.86. The third-order valence-corrected chi connectivity index (χ3v) is 5.03. The lowest BCUT2D eigenvalue weighted by Crippen LogP contribution is -2.41. The molecule has 2 heterocycles. The van der Waals surface area contributed by atoms with Crippen molar-refractivity contribution in [3.05, 3.63) is 22.3 Å². The minimum Gasteiger partial charge on any atom is -0.354 e. The van der Waals surface area contributed by atoms with Crippen molar-refractivity contribution >= 4 is 43.2 Å². The van der Waals surface area contributed by atoms with Crippen LogP contribution in [0, 0.1) is 0 Å². The van der Waals surface area contributed by atoms with Crippen LogP contribution < -0.4 is 4.90 Å². The molecule has 94 valence electrons. The van der Waals surface area contributed by atoms with E-state index in [1.165, 1.54) is 0 Å². The first kappa shape index (κ1) is 13.1. The fraction of sp³-hybridized carbons (Fsp3) is 0.500. The van der Waals surface area contributed by atoms with Crippen LogP contribution in [0.1, 0.15) is 5.56 Å². The molecule has 0 saturated carbocycles. The Morgan fingerprint density at radius 2 is 2.06 bits per heavy atom. The molecule has 0 atom stereocenters. The topological polar surface area (TPSA) is 50.3 Å². The van der Waals surface area contributed by atoms with Crippen LogP contribution in [-0.4, -0.2) is 38.0 Å². The maximum Gasteiger partial charge on any atom is 0.153 e. The van der Waals surface area contributed by atoms with Gasteiger partial charge in [0.2, 0.25) is 0 Å². The molecule has 0 bridgehead atoms. The molecule has 0 unspecified atom stereocenters. The lowest BCUT2D eigenvalue weighted by molar-refractivity contribution is 0.586. The minimum absolute atomic E-state index is 0.187. The van der Waals surface area contributed by atoms with Crippen molar-refractivity contribution in [2.24, 2.45) is 0 Å². The van der Waals surface area contributed by atoms with E-state index in [0.717, 1.165) is 15.9 Å². The summed E-state index contributed by atoms with van der Waals surface area (Å²) >= 11 is 9.22. The highest BCUT2D eigenvalue weighted by molar-refractivity contribution is 9.10. The van der Waals surface area contributed by atoms with Crippen molar-refractivity contribution in [3.8, 4) is 0 Å². The van der Waals surface area contributed by atoms with E-state index >= 15 is 0 Å². The maximum absolute atomic E-state index is 11.4. The molecule has 0 spiro atoms. The molecule has 0 radical (unpaired) electrons. The van der Waals surface area contributed by atoms with Crippen LogP contribution in [0.25, 0.3) is 0 Å². The molecule has 1 saturated heterocycles. The van der Waals surface area contributed by atoms with Crippen LogP contribution in [0.3, 0.4) is 0 Å². The van der Waals surface area contributed by atoms with E-state index in [0.29, 0.717) is 19.0 Å². The number of hydrogen-bond donors (Lipinski definition) is 0. The molecule has 1 aliphatic rings. The summed E-state index contributed by atoms with van der Waals surface area (Å²) in [5.41, 5.74) is 0.917. The zero-order valence-corrected chi connectivity index (χ0v) is 12.2. The van der Waals surface area contributed by atoms with E-state index in [9.17, 15) is 8.42 Å². The standard InChI is InChI=1S/C10H12BrClN2O2S/c11-9-5-8(6-12)10(13-7-9)14-1-3-17(15,16)4-2-14/h5,7H,1-4,6H2. The number of alkyl halides is 1. The molecule has 7 heteroatoms. The van der Waals surface area contributed by atoms with Gasteiger partial charge in [0.25, 0.3) is 0 Å². The number of aromatic nitrogens is 1. The average Bonchev–Trinajstić information content (AvgIpc) is 2.29. The fourth-order valence-electron chi connectivity index (χ4n) is 1.78. The largest absolute Gasteiger partial charge is 0.354 e. The summed E-state index contributed by atoms with van der Waals surface area (Å²) in [5, 5.41) is 0. The number of sulfone groups is 1. The Kier molecular flexibility index (Phi) is 3.95. The summed E-state index contributed by atoms with van der Waals surface area (Å²) in [6.07, 6.45) is 1.70. The van der Waals surface area contributed by atoms with E-state index in [1.54, 1.807) is 6.20 Å². The van der Waals surface area contributed by atoms with E-state index in [-0.39, 0.29) is 11.5 Å². The Bertz CT molecular complexity index is 507. The number of anilines is 1. The molecule has 2 rings (SSSR count). The average molecular weight is 340 g/mol. The number of halogens is 2. The van der Waals surface area contributed by atoms with Crippen LogP contribution in [0.4, 0.5) is 5.82 Å². The van der Waals surface area contributed by atoms with Crippen LogP contribution >= 0.6 is 27.5 Å². The first-order valence-corrected chi connectivity index (χ1v) is 8.32. The number of rotatable bonds is 2. The van der Waals surface area contributed by atoms with E-state index in [1.807, 2.05) is 11.0 Å². The predicted molar refractivity (Wildman–Crippen MR) is 72.4 cm³/mol. The summed E-state index contributed by atoms with van der Waals surface area (Å²) in [6, 6.07) is 1.92.